The van der Waals surface area contributed by atoms with E-state index in [2.05, 4.69) is 0 Å². The summed E-state index contributed by atoms with van der Waals surface area (Å²) in [4.78, 5) is 14.0. The summed E-state index contributed by atoms with van der Waals surface area (Å²) >= 11 is 0. The van der Waals surface area contributed by atoms with Gasteiger partial charge in [0.15, 0.2) is 0 Å². The van der Waals surface area contributed by atoms with Crippen molar-refractivity contribution in [1.82, 2.24) is 4.90 Å². The van der Waals surface area contributed by atoms with Crippen LogP contribution >= 0.6 is 0 Å². The van der Waals surface area contributed by atoms with Crippen LogP contribution in [0.15, 0.2) is 18.2 Å². The molecular weight excluding hydrogens is 316 g/mol. The quantitative estimate of drug-likeness (QED) is 0.811. The van der Waals surface area contributed by atoms with Gasteiger partial charge in [0.2, 0.25) is 15.9 Å². The predicted molar refractivity (Wildman–Crippen MR) is 90.1 cm³/mol. The summed E-state index contributed by atoms with van der Waals surface area (Å²) in [7, 11) is -3.45. The molecule has 6 nitrogen and oxygen atoms in total. The molecule has 1 aliphatic heterocycles. The van der Waals surface area contributed by atoms with E-state index >= 15 is 0 Å². The Labute approximate surface area is 138 Å². The number of carbonyl (C=O) groups excluding carboxylic acids is 1. The molecule has 2 rings (SSSR count). The molecule has 0 spiro atoms. The van der Waals surface area contributed by atoms with Crippen molar-refractivity contribution < 1.29 is 17.9 Å². The highest BCUT2D eigenvalue weighted by atomic mass is 32.2. The third kappa shape index (κ3) is 4.45. The first-order valence-electron chi connectivity index (χ1n) is 7.70. The second kappa shape index (κ2) is 7.31. The van der Waals surface area contributed by atoms with Crippen molar-refractivity contribution in [3.8, 4) is 0 Å². The van der Waals surface area contributed by atoms with Crippen LogP contribution in [0.25, 0.3) is 0 Å². The molecule has 0 bridgehead atoms. The van der Waals surface area contributed by atoms with Crippen molar-refractivity contribution in [1.29, 1.82) is 0 Å². The van der Waals surface area contributed by atoms with E-state index in [0.29, 0.717) is 32.0 Å². The number of amides is 1. The fraction of sp³-hybridized carbons (Fsp3) is 0.562. The minimum absolute atomic E-state index is 0.0341. The lowest BCUT2D eigenvalue weighted by Gasteiger charge is -2.29. The number of sulfonamides is 1. The van der Waals surface area contributed by atoms with Crippen molar-refractivity contribution in [3.63, 3.8) is 0 Å². The topological polar surface area (TPSA) is 66.9 Å². The van der Waals surface area contributed by atoms with E-state index in [0.717, 1.165) is 11.1 Å². The van der Waals surface area contributed by atoms with Crippen LogP contribution in [0.1, 0.15) is 17.5 Å². The summed E-state index contributed by atoms with van der Waals surface area (Å²) in [6.45, 7) is 6.13. The van der Waals surface area contributed by atoms with E-state index in [1.807, 2.05) is 32.0 Å². The lowest BCUT2D eigenvalue weighted by Crippen LogP contribution is -2.42. The number of rotatable bonds is 5. The highest BCUT2D eigenvalue weighted by Crippen LogP contribution is 2.27. The van der Waals surface area contributed by atoms with Gasteiger partial charge in [0, 0.05) is 26.1 Å². The predicted octanol–water partition coefficient (Wildman–Crippen LogP) is 1.32. The summed E-state index contributed by atoms with van der Waals surface area (Å²) < 4.78 is 31.0. The van der Waals surface area contributed by atoms with Crippen molar-refractivity contribution in [2.24, 2.45) is 0 Å². The minimum atomic E-state index is -3.45. The first-order chi connectivity index (χ1) is 10.8. The SMILES string of the molecule is Cc1cccc(C)c1N(CCC(=O)N1CCOCC1)S(C)(=O)=O. The molecule has 1 aromatic rings. The Bertz CT molecular complexity index is 646. The van der Waals surface area contributed by atoms with Gasteiger partial charge in [0.25, 0.3) is 0 Å². The fourth-order valence-electron chi connectivity index (χ4n) is 2.81. The van der Waals surface area contributed by atoms with E-state index < -0.39 is 10.0 Å². The maximum Gasteiger partial charge on any atom is 0.232 e. The molecular formula is C16H24N2O4S. The number of nitrogens with zero attached hydrogens (tertiary/aromatic N) is 2. The summed E-state index contributed by atoms with van der Waals surface area (Å²) in [5.74, 6) is -0.0341. The van der Waals surface area contributed by atoms with Crippen molar-refractivity contribution in [3.05, 3.63) is 29.3 Å². The van der Waals surface area contributed by atoms with Gasteiger partial charge < -0.3 is 9.64 Å². The summed E-state index contributed by atoms with van der Waals surface area (Å²) in [5.41, 5.74) is 2.44. The average Bonchev–Trinajstić information content (AvgIpc) is 2.49. The largest absolute Gasteiger partial charge is 0.378 e. The molecule has 0 atom stereocenters. The van der Waals surface area contributed by atoms with Crippen LogP contribution in [0.2, 0.25) is 0 Å². The number of ether oxygens (including phenoxy) is 1. The molecule has 0 unspecified atom stereocenters. The van der Waals surface area contributed by atoms with E-state index in [-0.39, 0.29) is 18.9 Å². The average molecular weight is 340 g/mol. The molecule has 0 saturated carbocycles. The van der Waals surface area contributed by atoms with Gasteiger partial charge in [-0.15, -0.1) is 0 Å². The zero-order chi connectivity index (χ0) is 17.0. The van der Waals surface area contributed by atoms with Crippen LogP contribution in [0, 0.1) is 13.8 Å². The van der Waals surface area contributed by atoms with Crippen LogP contribution in [0.3, 0.4) is 0 Å². The molecule has 0 aromatic heterocycles. The monoisotopic (exact) mass is 340 g/mol. The van der Waals surface area contributed by atoms with E-state index in [1.165, 1.54) is 10.6 Å². The Hall–Kier alpha value is -1.60. The number of benzene rings is 1. The Morgan fingerprint density at radius 1 is 1.22 bits per heavy atom. The molecule has 0 radical (unpaired) electrons. The normalized spacial score (nSPS) is 15.5. The van der Waals surface area contributed by atoms with Crippen molar-refractivity contribution in [2.45, 2.75) is 20.3 Å². The lowest BCUT2D eigenvalue weighted by atomic mass is 10.1. The first kappa shape index (κ1) is 17.7. The summed E-state index contributed by atoms with van der Waals surface area (Å²) in [6, 6.07) is 5.65. The second-order valence-corrected chi connectivity index (χ2v) is 7.73. The number of aryl methyl sites for hydroxylation is 2. The Morgan fingerprint density at radius 2 is 1.78 bits per heavy atom. The van der Waals surface area contributed by atoms with Crippen molar-refractivity contribution in [2.75, 3.05) is 43.4 Å². The van der Waals surface area contributed by atoms with Gasteiger partial charge in [-0.3, -0.25) is 9.10 Å². The van der Waals surface area contributed by atoms with Crippen LogP contribution in [-0.2, 0) is 19.6 Å². The molecule has 1 fully saturated rings. The number of para-hydroxylation sites is 1. The van der Waals surface area contributed by atoms with Gasteiger partial charge in [0.05, 0.1) is 25.2 Å². The van der Waals surface area contributed by atoms with Crippen molar-refractivity contribution >= 4 is 21.6 Å². The van der Waals surface area contributed by atoms with Gasteiger partial charge in [-0.25, -0.2) is 8.42 Å². The third-order valence-electron chi connectivity index (χ3n) is 3.98. The van der Waals surface area contributed by atoms with Crippen LogP contribution < -0.4 is 4.31 Å². The molecule has 0 N–H and O–H groups in total. The maximum atomic E-state index is 12.3. The number of hydrogen-bond acceptors (Lipinski definition) is 4. The Kier molecular flexibility index (Phi) is 5.64. The molecule has 1 aromatic carbocycles. The maximum absolute atomic E-state index is 12.3. The van der Waals surface area contributed by atoms with E-state index in [9.17, 15) is 13.2 Å². The molecule has 23 heavy (non-hydrogen) atoms. The third-order valence-corrected chi connectivity index (χ3v) is 5.15. The minimum Gasteiger partial charge on any atom is -0.378 e. The number of morpholine rings is 1. The zero-order valence-corrected chi connectivity index (χ0v) is 14.7. The lowest BCUT2D eigenvalue weighted by molar-refractivity contribution is -0.135. The van der Waals surface area contributed by atoms with Gasteiger partial charge in [0.1, 0.15) is 0 Å². The van der Waals surface area contributed by atoms with Gasteiger partial charge in [-0.05, 0) is 25.0 Å². The van der Waals surface area contributed by atoms with E-state index in [4.69, 9.17) is 4.74 Å². The van der Waals surface area contributed by atoms with Gasteiger partial charge in [-0.2, -0.15) is 0 Å². The van der Waals surface area contributed by atoms with Crippen LogP contribution in [-0.4, -0.2) is 58.3 Å². The van der Waals surface area contributed by atoms with Crippen LogP contribution in [0.4, 0.5) is 5.69 Å². The molecule has 128 valence electrons. The second-order valence-electron chi connectivity index (χ2n) is 5.82. The smallest absolute Gasteiger partial charge is 0.232 e. The Balaban J connectivity index is 2.16. The molecule has 1 saturated heterocycles. The number of hydrogen-bond donors (Lipinski definition) is 0. The highest BCUT2D eigenvalue weighted by Gasteiger charge is 2.24. The fourth-order valence-corrected chi connectivity index (χ4v) is 3.85. The Morgan fingerprint density at radius 3 is 2.30 bits per heavy atom. The summed E-state index contributed by atoms with van der Waals surface area (Å²) in [5, 5.41) is 0. The highest BCUT2D eigenvalue weighted by molar-refractivity contribution is 7.92. The standard InChI is InChI=1S/C16H24N2O4S/c1-13-5-4-6-14(2)16(13)18(23(3,20)21)8-7-15(19)17-9-11-22-12-10-17/h4-6H,7-12H2,1-3H3. The number of anilines is 1. The summed E-state index contributed by atoms with van der Waals surface area (Å²) in [6.07, 6.45) is 1.35. The molecule has 1 heterocycles. The number of carbonyl (C=O) groups is 1. The molecule has 1 amide bonds. The van der Waals surface area contributed by atoms with Gasteiger partial charge in [-0.1, -0.05) is 18.2 Å². The van der Waals surface area contributed by atoms with Gasteiger partial charge >= 0.3 is 0 Å². The van der Waals surface area contributed by atoms with Crippen LogP contribution in [0.5, 0.6) is 0 Å². The van der Waals surface area contributed by atoms with E-state index in [1.54, 1.807) is 4.90 Å². The zero-order valence-electron chi connectivity index (χ0n) is 13.9. The first-order valence-corrected chi connectivity index (χ1v) is 9.55. The molecule has 0 aliphatic carbocycles. The molecule has 1 aliphatic rings. The molecule has 7 heteroatoms.